The third kappa shape index (κ3) is 4.12. The standard InChI is InChI=1S/C19H26N2O2/c22-18(20-17-10-3-1-2-4-11-17)15-8-7-9-16(14-15)19(23)21-12-5-6-13-21/h7-9,14,17H,1-6,10-13H2,(H,20,22). The lowest BCUT2D eigenvalue weighted by Crippen LogP contribution is -2.34. The number of amides is 2. The summed E-state index contributed by atoms with van der Waals surface area (Å²) in [5.41, 5.74) is 1.22. The molecule has 2 amide bonds. The van der Waals surface area contributed by atoms with Crippen molar-refractivity contribution in [3.05, 3.63) is 35.4 Å². The molecule has 4 nitrogen and oxygen atoms in total. The van der Waals surface area contributed by atoms with Crippen LogP contribution in [0.15, 0.2) is 24.3 Å². The molecule has 124 valence electrons. The Morgan fingerprint density at radius 1 is 0.913 bits per heavy atom. The van der Waals surface area contributed by atoms with Crippen LogP contribution >= 0.6 is 0 Å². The summed E-state index contributed by atoms with van der Waals surface area (Å²) in [7, 11) is 0. The molecule has 0 bridgehead atoms. The Morgan fingerprint density at radius 2 is 1.57 bits per heavy atom. The number of nitrogens with zero attached hydrogens (tertiary/aromatic N) is 1. The van der Waals surface area contributed by atoms with Crippen LogP contribution in [0.1, 0.15) is 72.1 Å². The number of hydrogen-bond donors (Lipinski definition) is 1. The highest BCUT2D eigenvalue weighted by molar-refractivity contribution is 5.99. The van der Waals surface area contributed by atoms with Crippen molar-refractivity contribution in [2.45, 2.75) is 57.4 Å². The van der Waals surface area contributed by atoms with Crippen LogP contribution in [0.3, 0.4) is 0 Å². The quantitative estimate of drug-likeness (QED) is 0.870. The van der Waals surface area contributed by atoms with E-state index in [1.807, 2.05) is 17.0 Å². The molecule has 23 heavy (non-hydrogen) atoms. The van der Waals surface area contributed by atoms with Gasteiger partial charge in [-0.25, -0.2) is 0 Å². The molecule has 0 radical (unpaired) electrons. The highest BCUT2D eigenvalue weighted by Gasteiger charge is 2.21. The highest BCUT2D eigenvalue weighted by atomic mass is 16.2. The van der Waals surface area contributed by atoms with Crippen molar-refractivity contribution in [3.63, 3.8) is 0 Å². The highest BCUT2D eigenvalue weighted by Crippen LogP contribution is 2.18. The van der Waals surface area contributed by atoms with Gasteiger partial charge in [-0.1, -0.05) is 31.7 Å². The molecule has 4 heteroatoms. The summed E-state index contributed by atoms with van der Waals surface area (Å²) in [5.74, 6) is -0.000381. The second-order valence-electron chi connectivity index (χ2n) is 6.74. The first-order chi connectivity index (χ1) is 11.2. The SMILES string of the molecule is O=C(NC1CCCCCC1)c1cccc(C(=O)N2CCCC2)c1. The van der Waals surface area contributed by atoms with Crippen LogP contribution in [0, 0.1) is 0 Å². The van der Waals surface area contributed by atoms with Crippen LogP contribution in [-0.2, 0) is 0 Å². The van der Waals surface area contributed by atoms with Gasteiger partial charge in [0.2, 0.25) is 0 Å². The number of rotatable bonds is 3. The molecule has 1 aromatic rings. The predicted molar refractivity (Wildman–Crippen MR) is 90.5 cm³/mol. The van der Waals surface area contributed by atoms with Crippen LogP contribution in [0.2, 0.25) is 0 Å². The fraction of sp³-hybridized carbons (Fsp3) is 0.579. The smallest absolute Gasteiger partial charge is 0.253 e. The van der Waals surface area contributed by atoms with Gasteiger partial charge in [0.05, 0.1) is 0 Å². The molecule has 1 heterocycles. The van der Waals surface area contributed by atoms with E-state index in [4.69, 9.17) is 0 Å². The van der Waals surface area contributed by atoms with E-state index in [1.165, 1.54) is 25.7 Å². The van der Waals surface area contributed by atoms with Gasteiger partial charge in [0.15, 0.2) is 0 Å². The zero-order chi connectivity index (χ0) is 16.1. The van der Waals surface area contributed by atoms with E-state index in [0.717, 1.165) is 38.8 Å². The minimum absolute atomic E-state index is 0.0478. The summed E-state index contributed by atoms with van der Waals surface area (Å²) >= 11 is 0. The largest absolute Gasteiger partial charge is 0.349 e. The molecule has 1 aromatic carbocycles. The minimum Gasteiger partial charge on any atom is -0.349 e. The summed E-state index contributed by atoms with van der Waals surface area (Å²) in [6.07, 6.45) is 9.22. The summed E-state index contributed by atoms with van der Waals surface area (Å²) in [4.78, 5) is 26.8. The molecule has 0 spiro atoms. The van der Waals surface area contributed by atoms with Gasteiger partial charge < -0.3 is 10.2 Å². The lowest BCUT2D eigenvalue weighted by molar-refractivity contribution is 0.0793. The number of benzene rings is 1. The van der Waals surface area contributed by atoms with Gasteiger partial charge in [0, 0.05) is 30.3 Å². The van der Waals surface area contributed by atoms with Crippen molar-refractivity contribution >= 4 is 11.8 Å². The predicted octanol–water partition coefficient (Wildman–Crippen LogP) is 3.38. The summed E-state index contributed by atoms with van der Waals surface area (Å²) in [6, 6.07) is 7.44. The van der Waals surface area contributed by atoms with Crippen molar-refractivity contribution in [1.82, 2.24) is 10.2 Å². The van der Waals surface area contributed by atoms with Crippen LogP contribution in [-0.4, -0.2) is 35.8 Å². The maximum atomic E-state index is 12.5. The number of hydrogen-bond acceptors (Lipinski definition) is 2. The van der Waals surface area contributed by atoms with E-state index in [1.54, 1.807) is 12.1 Å². The molecule has 1 N–H and O–H groups in total. The van der Waals surface area contributed by atoms with Crippen molar-refractivity contribution < 1.29 is 9.59 Å². The fourth-order valence-corrected chi connectivity index (χ4v) is 3.59. The maximum Gasteiger partial charge on any atom is 0.253 e. The molecular weight excluding hydrogens is 288 g/mol. The molecule has 0 aromatic heterocycles. The third-order valence-corrected chi connectivity index (χ3v) is 4.96. The van der Waals surface area contributed by atoms with E-state index in [-0.39, 0.29) is 17.9 Å². The van der Waals surface area contributed by atoms with Crippen molar-refractivity contribution in [1.29, 1.82) is 0 Å². The average Bonchev–Trinajstić information content (AvgIpc) is 3.00. The van der Waals surface area contributed by atoms with Gasteiger partial charge in [-0.05, 0) is 43.9 Å². The number of carbonyl (C=O) groups excluding carboxylic acids is 2. The number of carbonyl (C=O) groups is 2. The van der Waals surface area contributed by atoms with Crippen molar-refractivity contribution in [2.75, 3.05) is 13.1 Å². The first-order valence-corrected chi connectivity index (χ1v) is 8.94. The first-order valence-electron chi connectivity index (χ1n) is 8.94. The van der Waals surface area contributed by atoms with E-state index in [9.17, 15) is 9.59 Å². The number of nitrogens with one attached hydrogen (secondary N) is 1. The Labute approximate surface area is 138 Å². The molecule has 1 saturated carbocycles. The van der Waals surface area contributed by atoms with Gasteiger partial charge in [-0.3, -0.25) is 9.59 Å². The van der Waals surface area contributed by atoms with Crippen LogP contribution in [0.4, 0.5) is 0 Å². The Hall–Kier alpha value is -1.84. The van der Waals surface area contributed by atoms with E-state index in [2.05, 4.69) is 5.32 Å². The van der Waals surface area contributed by atoms with Gasteiger partial charge >= 0.3 is 0 Å². The molecule has 2 aliphatic rings. The molecule has 2 fully saturated rings. The average molecular weight is 314 g/mol. The lowest BCUT2D eigenvalue weighted by atomic mass is 10.1. The molecule has 1 aliphatic carbocycles. The zero-order valence-corrected chi connectivity index (χ0v) is 13.7. The van der Waals surface area contributed by atoms with Crippen LogP contribution < -0.4 is 5.32 Å². The van der Waals surface area contributed by atoms with Crippen LogP contribution in [0.5, 0.6) is 0 Å². The summed E-state index contributed by atoms with van der Waals surface area (Å²) in [6.45, 7) is 1.66. The zero-order valence-electron chi connectivity index (χ0n) is 13.7. The molecule has 1 aliphatic heterocycles. The Kier molecular flexibility index (Phi) is 5.31. The molecule has 0 unspecified atom stereocenters. The van der Waals surface area contributed by atoms with Gasteiger partial charge in [0.25, 0.3) is 11.8 Å². The maximum absolute atomic E-state index is 12.5. The van der Waals surface area contributed by atoms with E-state index in [0.29, 0.717) is 11.1 Å². The summed E-state index contributed by atoms with van der Waals surface area (Å²) in [5, 5.41) is 3.15. The Balaban J connectivity index is 1.66. The Morgan fingerprint density at radius 3 is 2.26 bits per heavy atom. The van der Waals surface area contributed by atoms with Crippen molar-refractivity contribution in [2.24, 2.45) is 0 Å². The Bertz CT molecular complexity index is 556. The van der Waals surface area contributed by atoms with Gasteiger partial charge in [-0.15, -0.1) is 0 Å². The number of likely N-dealkylation sites (tertiary alicyclic amines) is 1. The normalized spacial score (nSPS) is 19.4. The monoisotopic (exact) mass is 314 g/mol. The van der Waals surface area contributed by atoms with Crippen molar-refractivity contribution in [3.8, 4) is 0 Å². The molecule has 3 rings (SSSR count). The van der Waals surface area contributed by atoms with E-state index < -0.39 is 0 Å². The lowest BCUT2D eigenvalue weighted by Gasteiger charge is -2.18. The second kappa shape index (κ2) is 7.62. The van der Waals surface area contributed by atoms with Gasteiger partial charge in [-0.2, -0.15) is 0 Å². The minimum atomic E-state index is -0.0482. The van der Waals surface area contributed by atoms with Crippen LogP contribution in [0.25, 0.3) is 0 Å². The second-order valence-corrected chi connectivity index (χ2v) is 6.74. The molecule has 0 atom stereocenters. The third-order valence-electron chi connectivity index (χ3n) is 4.96. The topological polar surface area (TPSA) is 49.4 Å². The summed E-state index contributed by atoms with van der Waals surface area (Å²) < 4.78 is 0. The molecular formula is C19H26N2O2. The fourth-order valence-electron chi connectivity index (χ4n) is 3.59. The van der Waals surface area contributed by atoms with Gasteiger partial charge in [0.1, 0.15) is 0 Å². The van der Waals surface area contributed by atoms with E-state index >= 15 is 0 Å². The first kappa shape index (κ1) is 16.0. The molecule has 1 saturated heterocycles.